The number of hydrogen-bond donors (Lipinski definition) is 3. The van der Waals surface area contributed by atoms with Gasteiger partial charge in [0.15, 0.2) is 0 Å². The zero-order valence-electron chi connectivity index (χ0n) is 14.1. The molecule has 0 bridgehead atoms. The fraction of sp³-hybridized carbons (Fsp3) is 0.412. The lowest BCUT2D eigenvalue weighted by Gasteiger charge is -2.22. The molecule has 0 aliphatic carbocycles. The molecule has 7 nitrogen and oxygen atoms in total. The van der Waals surface area contributed by atoms with Crippen molar-refractivity contribution in [2.75, 3.05) is 0 Å². The van der Waals surface area contributed by atoms with Crippen molar-refractivity contribution in [3.63, 3.8) is 0 Å². The first-order valence-corrected chi connectivity index (χ1v) is 7.74. The van der Waals surface area contributed by atoms with Crippen molar-refractivity contribution in [3.05, 3.63) is 35.6 Å². The quantitative estimate of drug-likeness (QED) is 0.628. The lowest BCUT2D eigenvalue weighted by molar-refractivity contribution is -0.131. The van der Waals surface area contributed by atoms with Gasteiger partial charge in [-0.25, -0.2) is 4.39 Å². The molecular formula is C17H21FN4O3. The minimum atomic E-state index is -1.08. The summed E-state index contributed by atoms with van der Waals surface area (Å²) in [5.74, 6) is -2.94. The average Bonchev–Trinajstić information content (AvgIpc) is 2.54. The second kappa shape index (κ2) is 9.37. The molecule has 3 atom stereocenters. The average molecular weight is 348 g/mol. The highest BCUT2D eigenvalue weighted by molar-refractivity contribution is 5.91. The number of primary amides is 1. The van der Waals surface area contributed by atoms with Crippen LogP contribution in [0.25, 0.3) is 0 Å². The number of halogens is 1. The second-order valence-corrected chi connectivity index (χ2v) is 5.78. The summed E-state index contributed by atoms with van der Waals surface area (Å²) in [6, 6.07) is 5.70. The van der Waals surface area contributed by atoms with E-state index in [9.17, 15) is 18.8 Å². The predicted molar refractivity (Wildman–Crippen MR) is 88.2 cm³/mol. The van der Waals surface area contributed by atoms with Crippen molar-refractivity contribution in [2.24, 2.45) is 11.7 Å². The van der Waals surface area contributed by atoms with Gasteiger partial charge in [-0.05, 0) is 25.0 Å². The maximum absolute atomic E-state index is 13.8. The normalized spacial score (nSPS) is 13.8. The third kappa shape index (κ3) is 6.59. The number of nitrogens with one attached hydrogen (secondary N) is 2. The first-order chi connectivity index (χ1) is 11.7. The number of nitrogens with two attached hydrogens (primary N) is 1. The van der Waals surface area contributed by atoms with Gasteiger partial charge in [0.2, 0.25) is 17.7 Å². The van der Waals surface area contributed by atoms with E-state index in [2.05, 4.69) is 10.6 Å². The minimum Gasteiger partial charge on any atom is -0.368 e. The topological polar surface area (TPSA) is 125 Å². The van der Waals surface area contributed by atoms with Gasteiger partial charge in [0.1, 0.15) is 17.9 Å². The fourth-order valence-electron chi connectivity index (χ4n) is 2.26. The summed E-state index contributed by atoms with van der Waals surface area (Å²) >= 11 is 0. The molecule has 0 unspecified atom stereocenters. The van der Waals surface area contributed by atoms with E-state index in [1.165, 1.54) is 25.1 Å². The van der Waals surface area contributed by atoms with E-state index < -0.39 is 41.5 Å². The first-order valence-electron chi connectivity index (χ1n) is 7.74. The number of nitriles is 1. The second-order valence-electron chi connectivity index (χ2n) is 5.78. The summed E-state index contributed by atoms with van der Waals surface area (Å²) < 4.78 is 13.8. The van der Waals surface area contributed by atoms with Gasteiger partial charge in [-0.2, -0.15) is 5.26 Å². The van der Waals surface area contributed by atoms with Gasteiger partial charge in [0.05, 0.1) is 6.07 Å². The molecule has 8 heteroatoms. The minimum absolute atomic E-state index is 0.0457. The largest absolute Gasteiger partial charge is 0.368 e. The van der Waals surface area contributed by atoms with Crippen LogP contribution in [0.2, 0.25) is 0 Å². The Bertz CT molecular complexity index is 687. The molecule has 0 aliphatic heterocycles. The molecule has 0 aliphatic rings. The van der Waals surface area contributed by atoms with Crippen LogP contribution in [0.4, 0.5) is 4.39 Å². The molecule has 0 radical (unpaired) electrons. The lowest BCUT2D eigenvalue weighted by Crippen LogP contribution is -2.53. The Morgan fingerprint density at radius 1 is 1.24 bits per heavy atom. The molecule has 0 spiro atoms. The molecule has 3 amide bonds. The van der Waals surface area contributed by atoms with E-state index in [0.717, 1.165) is 0 Å². The van der Waals surface area contributed by atoms with Crippen molar-refractivity contribution in [3.8, 4) is 6.07 Å². The van der Waals surface area contributed by atoms with Crippen molar-refractivity contribution in [1.29, 1.82) is 5.26 Å². The molecule has 25 heavy (non-hydrogen) atoms. The predicted octanol–water partition coefficient (Wildman–Crippen LogP) is 0.393. The highest BCUT2D eigenvalue weighted by Crippen LogP contribution is 2.10. The Balaban J connectivity index is 2.92. The summed E-state index contributed by atoms with van der Waals surface area (Å²) in [7, 11) is 0. The Kier molecular flexibility index (Phi) is 7.53. The van der Waals surface area contributed by atoms with Crippen LogP contribution in [0.1, 0.15) is 25.8 Å². The van der Waals surface area contributed by atoms with Gasteiger partial charge < -0.3 is 16.4 Å². The summed E-state index contributed by atoms with van der Waals surface area (Å²) in [5, 5.41) is 13.7. The number of nitrogens with zero attached hydrogens (tertiary/aromatic N) is 1. The van der Waals surface area contributed by atoms with Crippen LogP contribution < -0.4 is 16.4 Å². The van der Waals surface area contributed by atoms with Crippen LogP contribution in [0.15, 0.2) is 24.3 Å². The molecule has 4 N–H and O–H groups in total. The maximum atomic E-state index is 13.8. The van der Waals surface area contributed by atoms with Gasteiger partial charge in [-0.1, -0.05) is 18.2 Å². The van der Waals surface area contributed by atoms with Gasteiger partial charge in [0, 0.05) is 19.3 Å². The van der Waals surface area contributed by atoms with Crippen molar-refractivity contribution in [2.45, 2.75) is 38.8 Å². The van der Waals surface area contributed by atoms with Gasteiger partial charge in [0.25, 0.3) is 0 Å². The van der Waals surface area contributed by atoms with Crippen LogP contribution in [-0.4, -0.2) is 29.8 Å². The first kappa shape index (κ1) is 20.1. The fourth-order valence-corrected chi connectivity index (χ4v) is 2.26. The van der Waals surface area contributed by atoms with E-state index in [1.54, 1.807) is 13.0 Å². The summed E-state index contributed by atoms with van der Waals surface area (Å²) in [5.41, 5.74) is 5.50. The maximum Gasteiger partial charge on any atom is 0.243 e. The molecule has 0 saturated carbocycles. The SMILES string of the molecule is CC(=O)N[C@@H](Cc1ccccc1F)C(=O)N[C@H](C[C@@H](C)C#N)C(N)=O. The Morgan fingerprint density at radius 2 is 1.88 bits per heavy atom. The number of benzene rings is 1. The number of carbonyl (C=O) groups is 3. The molecule has 1 rings (SSSR count). The summed E-state index contributed by atoms with van der Waals surface area (Å²) in [6.45, 7) is 2.82. The van der Waals surface area contributed by atoms with Crippen molar-refractivity contribution >= 4 is 17.7 Å². The Hall–Kier alpha value is -2.95. The van der Waals surface area contributed by atoms with E-state index in [0.29, 0.717) is 0 Å². The number of rotatable bonds is 8. The van der Waals surface area contributed by atoms with Crippen molar-refractivity contribution < 1.29 is 18.8 Å². The molecule has 1 aromatic carbocycles. The highest BCUT2D eigenvalue weighted by atomic mass is 19.1. The molecule has 0 aromatic heterocycles. The van der Waals surface area contributed by atoms with Crippen LogP contribution in [0.5, 0.6) is 0 Å². The Labute approximate surface area is 145 Å². The zero-order chi connectivity index (χ0) is 19.0. The highest BCUT2D eigenvalue weighted by Gasteiger charge is 2.27. The number of carbonyl (C=O) groups excluding carboxylic acids is 3. The molecular weight excluding hydrogens is 327 g/mol. The monoisotopic (exact) mass is 348 g/mol. The summed E-state index contributed by atoms with van der Waals surface area (Å²) in [4.78, 5) is 35.3. The molecule has 134 valence electrons. The summed E-state index contributed by atoms with van der Waals surface area (Å²) in [6.07, 6.45) is -0.0402. The molecule has 0 fully saturated rings. The molecule has 0 saturated heterocycles. The Morgan fingerprint density at radius 3 is 2.40 bits per heavy atom. The standard InChI is InChI=1S/C17H21FN4O3/c1-10(9-19)7-14(16(20)24)22-17(25)15(21-11(2)23)8-12-5-3-4-6-13(12)18/h3-6,10,14-15H,7-8H2,1-2H3,(H2,20,24)(H,21,23)(H,22,25)/t10-,14-,15+/m1/s1. The lowest BCUT2D eigenvalue weighted by atomic mass is 10.0. The zero-order valence-corrected chi connectivity index (χ0v) is 14.1. The van der Waals surface area contributed by atoms with Crippen LogP contribution >= 0.6 is 0 Å². The van der Waals surface area contributed by atoms with E-state index in [4.69, 9.17) is 11.0 Å². The van der Waals surface area contributed by atoms with Crippen LogP contribution in [-0.2, 0) is 20.8 Å². The van der Waals surface area contributed by atoms with Gasteiger partial charge in [-0.3, -0.25) is 14.4 Å². The van der Waals surface area contributed by atoms with Gasteiger partial charge in [-0.15, -0.1) is 0 Å². The molecule has 1 aromatic rings. The smallest absolute Gasteiger partial charge is 0.243 e. The van der Waals surface area contributed by atoms with Crippen molar-refractivity contribution in [1.82, 2.24) is 10.6 Å². The van der Waals surface area contributed by atoms with E-state index >= 15 is 0 Å². The van der Waals surface area contributed by atoms with Crippen LogP contribution in [0.3, 0.4) is 0 Å². The van der Waals surface area contributed by atoms with E-state index in [1.807, 2.05) is 6.07 Å². The van der Waals surface area contributed by atoms with E-state index in [-0.39, 0.29) is 18.4 Å². The third-order valence-electron chi connectivity index (χ3n) is 3.55. The number of amides is 3. The van der Waals surface area contributed by atoms with Crippen LogP contribution in [0, 0.1) is 23.1 Å². The van der Waals surface area contributed by atoms with Gasteiger partial charge >= 0.3 is 0 Å². The third-order valence-corrected chi connectivity index (χ3v) is 3.55. The molecule has 0 heterocycles. The number of hydrogen-bond acceptors (Lipinski definition) is 4.